The minimum absolute atomic E-state index is 0.194. The highest BCUT2D eigenvalue weighted by molar-refractivity contribution is 6.13. The first kappa shape index (κ1) is 57.0. The van der Waals surface area contributed by atoms with Gasteiger partial charge >= 0.3 is 0 Å². The van der Waals surface area contributed by atoms with Crippen LogP contribution in [-0.2, 0) is 37.9 Å². The predicted molar refractivity (Wildman–Crippen MR) is 295 cm³/mol. The third-order valence-corrected chi connectivity index (χ3v) is 12.5. The van der Waals surface area contributed by atoms with E-state index in [1.165, 1.54) is 0 Å². The third-order valence-electron chi connectivity index (χ3n) is 12.5. The lowest BCUT2D eigenvalue weighted by atomic mass is 10.1. The summed E-state index contributed by atoms with van der Waals surface area (Å²) in [5, 5.41) is 2.01. The number of hydrogen-bond donors (Lipinski definition) is 2. The van der Waals surface area contributed by atoms with Crippen molar-refractivity contribution in [1.82, 2.24) is 39.9 Å². The van der Waals surface area contributed by atoms with Crippen molar-refractivity contribution >= 4 is 44.1 Å². The predicted octanol–water partition coefficient (Wildman–Crippen LogP) is 7.07. The van der Waals surface area contributed by atoms with Crippen LogP contribution in [0.15, 0.2) is 48.5 Å². The Labute approximate surface area is 461 Å². The van der Waals surface area contributed by atoms with Gasteiger partial charge in [0.2, 0.25) is 0 Å². The Bertz CT molecular complexity index is 2980. The first-order chi connectivity index (χ1) is 39.4. The van der Waals surface area contributed by atoms with Gasteiger partial charge in [-0.1, -0.05) is 0 Å². The van der Waals surface area contributed by atoms with Gasteiger partial charge in [-0.25, -0.2) is 29.9 Å². The summed E-state index contributed by atoms with van der Waals surface area (Å²) in [5.41, 5.74) is 3.05. The van der Waals surface area contributed by atoms with Crippen LogP contribution in [0, 0.1) is 0 Å². The standard InChI is InChI=1S/C56H66N8O16/c1-65-17-25-73-33-9-10-34(74-26-18-66-2)42-41(33)49-57-50(42)62-52-45-37(77-29-21-69-5)13-14-38(78-30-22-70-6)46(45)54(59-52)64-56-48-40(80-32-24-72-8)16-15-39(79-31-23-71-7)47(48)55(60-56)63-53-44-36(76-28-20-68-4)12-11-35(75-27-19-67-3)43(44)51(58-53)61-49/h9-16H,17-32H2,1-8H3,(H2,57,58,59,60,61,62,63,64). The van der Waals surface area contributed by atoms with Gasteiger partial charge in [0.1, 0.15) is 121 Å². The Hall–Kier alpha value is -7.68. The summed E-state index contributed by atoms with van der Waals surface area (Å²) >= 11 is 0. The minimum atomic E-state index is 0.194. The molecule has 7 aromatic rings. The monoisotopic (exact) mass is 1110 g/mol. The normalized spacial score (nSPS) is 11.7. The highest BCUT2D eigenvalue weighted by Gasteiger charge is 2.32. The zero-order valence-electron chi connectivity index (χ0n) is 46.1. The Morgan fingerprint density at radius 2 is 0.412 bits per heavy atom. The van der Waals surface area contributed by atoms with Crippen LogP contribution in [0.5, 0.6) is 46.0 Å². The van der Waals surface area contributed by atoms with Crippen molar-refractivity contribution in [2.75, 3.05) is 163 Å². The second-order valence-electron chi connectivity index (χ2n) is 17.6. The van der Waals surface area contributed by atoms with Gasteiger partial charge in [-0.2, -0.15) is 0 Å². The van der Waals surface area contributed by atoms with E-state index < -0.39 is 0 Å². The molecular weight excluding hydrogens is 1040 g/mol. The van der Waals surface area contributed by atoms with Gasteiger partial charge in [0.05, 0.1) is 96.7 Å². The maximum absolute atomic E-state index is 6.49. The second-order valence-corrected chi connectivity index (χ2v) is 17.6. The van der Waals surface area contributed by atoms with Crippen LogP contribution in [0.4, 0.5) is 0 Å². The highest BCUT2D eigenvalue weighted by atomic mass is 16.6. The first-order valence-electron chi connectivity index (χ1n) is 25.8. The summed E-state index contributed by atoms with van der Waals surface area (Å²) in [7, 11) is 12.8. The molecule has 0 amide bonds. The largest absolute Gasteiger partial charge is 0.490 e. The van der Waals surface area contributed by atoms with E-state index in [2.05, 4.69) is 9.97 Å². The van der Waals surface area contributed by atoms with Gasteiger partial charge in [0.25, 0.3) is 0 Å². The summed E-state index contributed by atoms with van der Waals surface area (Å²) in [6.07, 6.45) is 0. The van der Waals surface area contributed by atoms with Gasteiger partial charge in [0.15, 0.2) is 23.3 Å². The molecule has 0 aliphatic carbocycles. The van der Waals surface area contributed by atoms with E-state index >= 15 is 0 Å². The lowest BCUT2D eigenvalue weighted by molar-refractivity contribution is 0.145. The molecule has 2 aliphatic heterocycles. The first-order valence-corrected chi connectivity index (χ1v) is 25.8. The molecule has 0 radical (unpaired) electrons. The number of nitrogens with one attached hydrogen (secondary N) is 2. The molecule has 426 valence electrons. The Morgan fingerprint density at radius 1 is 0.237 bits per heavy atom. The zero-order chi connectivity index (χ0) is 55.8. The maximum atomic E-state index is 6.49. The number of benzene rings is 4. The van der Waals surface area contributed by atoms with E-state index in [1.54, 1.807) is 81.1 Å². The van der Waals surface area contributed by atoms with Gasteiger partial charge in [0, 0.05) is 56.9 Å². The SMILES string of the molecule is COCCOc1ccc(OCCOC)c2c1-c1nc-2nc2[nH]c(nc3nc(nc4[nH]c(n1)c1c(OCCOC)ccc(OCCOC)c41)-c1c(OCCOC)ccc(OCCOC)c1-3)c1c(OCCOC)ccc(OCCOC)c21. The fourth-order valence-corrected chi connectivity index (χ4v) is 8.91. The van der Waals surface area contributed by atoms with Gasteiger partial charge in [-0.3, -0.25) is 0 Å². The number of ether oxygens (including phenoxy) is 16. The summed E-state index contributed by atoms with van der Waals surface area (Å²) in [6, 6.07) is 14.4. The van der Waals surface area contributed by atoms with Crippen LogP contribution in [0.3, 0.4) is 0 Å². The van der Waals surface area contributed by atoms with Gasteiger partial charge in [-0.05, 0) is 48.5 Å². The number of rotatable bonds is 32. The Morgan fingerprint density at radius 3 is 0.600 bits per heavy atom. The molecule has 0 saturated carbocycles. The van der Waals surface area contributed by atoms with Crippen molar-refractivity contribution in [2.24, 2.45) is 0 Å². The number of aromatic nitrogens is 8. The molecule has 24 heteroatoms. The van der Waals surface area contributed by atoms with E-state index in [9.17, 15) is 0 Å². The molecule has 80 heavy (non-hydrogen) atoms. The molecule has 3 aromatic heterocycles. The van der Waals surface area contributed by atoms with Crippen molar-refractivity contribution < 1.29 is 75.8 Å². The average molecular weight is 1110 g/mol. The van der Waals surface area contributed by atoms with Crippen LogP contribution in [0.2, 0.25) is 0 Å². The highest BCUT2D eigenvalue weighted by Crippen LogP contribution is 2.50. The van der Waals surface area contributed by atoms with Crippen LogP contribution in [0.1, 0.15) is 0 Å². The number of aromatic amines is 2. The molecule has 5 heterocycles. The molecule has 2 N–H and O–H groups in total. The quantitative estimate of drug-likeness (QED) is 0.0400. The van der Waals surface area contributed by atoms with Crippen molar-refractivity contribution in [3.63, 3.8) is 0 Å². The summed E-state index contributed by atoms with van der Waals surface area (Å²) < 4.78 is 95.4. The molecule has 0 spiro atoms. The summed E-state index contributed by atoms with van der Waals surface area (Å²) in [6.45, 7) is 3.90. The molecule has 4 aromatic carbocycles. The lowest BCUT2D eigenvalue weighted by Gasteiger charge is -2.14. The number of fused-ring (bicyclic) bond motifs is 20. The minimum Gasteiger partial charge on any atom is -0.490 e. The van der Waals surface area contributed by atoms with Crippen molar-refractivity contribution in [3.8, 4) is 91.5 Å². The maximum Gasteiger partial charge on any atom is 0.168 e. The van der Waals surface area contributed by atoms with Crippen LogP contribution < -0.4 is 37.9 Å². The average Bonchev–Trinajstić information content (AvgIpc) is 4.30. The van der Waals surface area contributed by atoms with Crippen LogP contribution in [-0.4, -0.2) is 202 Å². The van der Waals surface area contributed by atoms with Crippen LogP contribution >= 0.6 is 0 Å². The topological polar surface area (TPSA) is 257 Å². The molecule has 0 atom stereocenters. The molecule has 2 aliphatic rings. The third kappa shape index (κ3) is 12.5. The van der Waals surface area contributed by atoms with E-state index in [1.807, 2.05) is 24.3 Å². The zero-order valence-corrected chi connectivity index (χ0v) is 46.1. The number of methoxy groups -OCH3 is 8. The molecule has 0 fully saturated rings. The molecule has 0 unspecified atom stereocenters. The van der Waals surface area contributed by atoms with Gasteiger partial charge in [-0.15, -0.1) is 0 Å². The van der Waals surface area contributed by atoms with Crippen LogP contribution in [0.25, 0.3) is 89.7 Å². The van der Waals surface area contributed by atoms with Gasteiger partial charge < -0.3 is 85.8 Å². The number of nitrogens with zero attached hydrogens (tertiary/aromatic N) is 6. The van der Waals surface area contributed by atoms with Crippen molar-refractivity contribution in [3.05, 3.63) is 48.5 Å². The van der Waals surface area contributed by atoms with E-state index in [4.69, 9.17) is 106 Å². The van der Waals surface area contributed by atoms with Crippen molar-refractivity contribution in [1.29, 1.82) is 0 Å². The van der Waals surface area contributed by atoms with Crippen molar-refractivity contribution in [2.45, 2.75) is 0 Å². The lowest BCUT2D eigenvalue weighted by Crippen LogP contribution is -2.07. The van der Waals surface area contributed by atoms with E-state index in [0.29, 0.717) is 143 Å². The molecule has 24 nitrogen and oxygen atoms in total. The summed E-state index contributed by atoms with van der Waals surface area (Å²) in [5.74, 6) is 4.26. The Balaban J connectivity index is 1.51. The molecular formula is C56H66N8O16. The van der Waals surface area contributed by atoms with E-state index in [-0.39, 0.29) is 98.7 Å². The molecule has 9 rings (SSSR count). The number of H-pyrrole nitrogens is 2. The molecule has 0 saturated heterocycles. The Kier molecular flexibility index (Phi) is 19.9. The fourth-order valence-electron chi connectivity index (χ4n) is 8.91. The second kappa shape index (κ2) is 28.0. The van der Waals surface area contributed by atoms with E-state index in [0.717, 1.165) is 0 Å². The fraction of sp³-hybridized carbons (Fsp3) is 0.429. The number of hydrogen-bond acceptors (Lipinski definition) is 22. The molecule has 8 bridgehead atoms. The summed E-state index contributed by atoms with van der Waals surface area (Å²) in [4.78, 5) is 39.2. The smallest absolute Gasteiger partial charge is 0.168 e.